The minimum Gasteiger partial charge on any atom is -0.488 e. The predicted octanol–water partition coefficient (Wildman–Crippen LogP) is 4.39. The number of aryl methyl sites for hydroxylation is 1. The SMILES string of the molecule is CCC1CCCCC1Oc1cccc2c1NCCC2. The molecule has 0 amide bonds. The van der Waals surface area contributed by atoms with Crippen molar-refractivity contribution in [2.24, 2.45) is 5.92 Å². The summed E-state index contributed by atoms with van der Waals surface area (Å²) in [5.41, 5.74) is 2.68. The highest BCUT2D eigenvalue weighted by Gasteiger charge is 2.26. The van der Waals surface area contributed by atoms with Gasteiger partial charge in [-0.1, -0.05) is 25.5 Å². The molecule has 0 spiro atoms. The average Bonchev–Trinajstić information content (AvgIpc) is 2.48. The molecule has 1 saturated carbocycles. The topological polar surface area (TPSA) is 21.3 Å². The number of ether oxygens (including phenoxy) is 1. The molecule has 1 fully saturated rings. The van der Waals surface area contributed by atoms with Gasteiger partial charge in [-0.05, 0) is 56.1 Å². The lowest BCUT2D eigenvalue weighted by Gasteiger charge is -2.32. The lowest BCUT2D eigenvalue weighted by molar-refractivity contribution is 0.0909. The molecule has 2 atom stereocenters. The molecule has 1 aromatic rings. The average molecular weight is 259 g/mol. The van der Waals surface area contributed by atoms with Gasteiger partial charge in [0.1, 0.15) is 11.9 Å². The maximum atomic E-state index is 6.39. The maximum Gasteiger partial charge on any atom is 0.143 e. The second-order valence-corrected chi connectivity index (χ2v) is 5.93. The number of benzene rings is 1. The molecule has 1 aliphatic carbocycles. The van der Waals surface area contributed by atoms with Crippen LogP contribution in [-0.2, 0) is 6.42 Å². The molecule has 0 bridgehead atoms. The summed E-state index contributed by atoms with van der Waals surface area (Å²) in [4.78, 5) is 0. The van der Waals surface area contributed by atoms with Gasteiger partial charge in [-0.3, -0.25) is 0 Å². The van der Waals surface area contributed by atoms with E-state index in [-0.39, 0.29) is 0 Å². The van der Waals surface area contributed by atoms with Gasteiger partial charge in [0.2, 0.25) is 0 Å². The fourth-order valence-corrected chi connectivity index (χ4v) is 3.53. The van der Waals surface area contributed by atoms with Crippen LogP contribution in [0, 0.1) is 5.92 Å². The molecule has 2 unspecified atom stereocenters. The number of hydrogen-bond donors (Lipinski definition) is 1. The number of hydrogen-bond acceptors (Lipinski definition) is 2. The van der Waals surface area contributed by atoms with E-state index < -0.39 is 0 Å². The van der Waals surface area contributed by atoms with E-state index in [9.17, 15) is 0 Å². The highest BCUT2D eigenvalue weighted by atomic mass is 16.5. The maximum absolute atomic E-state index is 6.39. The van der Waals surface area contributed by atoms with Gasteiger partial charge in [0.15, 0.2) is 0 Å². The van der Waals surface area contributed by atoms with Crippen LogP contribution in [0.4, 0.5) is 5.69 Å². The van der Waals surface area contributed by atoms with Crippen molar-refractivity contribution in [2.45, 2.75) is 58.0 Å². The number of fused-ring (bicyclic) bond motifs is 1. The van der Waals surface area contributed by atoms with Crippen LogP contribution in [0.5, 0.6) is 5.75 Å². The summed E-state index contributed by atoms with van der Waals surface area (Å²) >= 11 is 0. The van der Waals surface area contributed by atoms with Gasteiger partial charge in [-0.15, -0.1) is 0 Å². The van der Waals surface area contributed by atoms with E-state index in [1.54, 1.807) is 0 Å². The number of rotatable bonds is 3. The second kappa shape index (κ2) is 5.85. The molecule has 1 aromatic carbocycles. The highest BCUT2D eigenvalue weighted by Crippen LogP contribution is 2.36. The fourth-order valence-electron chi connectivity index (χ4n) is 3.53. The summed E-state index contributed by atoms with van der Waals surface area (Å²) in [6.07, 6.45) is 9.35. The lowest BCUT2D eigenvalue weighted by atomic mass is 9.84. The normalized spacial score (nSPS) is 26.4. The third-order valence-corrected chi connectivity index (χ3v) is 4.68. The fraction of sp³-hybridized carbons (Fsp3) is 0.647. The molecule has 2 heteroatoms. The highest BCUT2D eigenvalue weighted by molar-refractivity contribution is 5.63. The van der Waals surface area contributed by atoms with Gasteiger partial charge < -0.3 is 10.1 Å². The van der Waals surface area contributed by atoms with Crippen LogP contribution in [-0.4, -0.2) is 12.6 Å². The van der Waals surface area contributed by atoms with Gasteiger partial charge in [-0.25, -0.2) is 0 Å². The van der Waals surface area contributed by atoms with Crippen LogP contribution in [0.15, 0.2) is 18.2 Å². The Balaban J connectivity index is 1.78. The number of para-hydroxylation sites is 1. The smallest absolute Gasteiger partial charge is 0.143 e. The van der Waals surface area contributed by atoms with E-state index in [2.05, 4.69) is 30.4 Å². The Bertz CT molecular complexity index is 429. The van der Waals surface area contributed by atoms with Crippen molar-refractivity contribution in [1.29, 1.82) is 0 Å². The summed E-state index contributed by atoms with van der Waals surface area (Å²) < 4.78 is 6.39. The number of nitrogens with one attached hydrogen (secondary N) is 1. The largest absolute Gasteiger partial charge is 0.488 e. The van der Waals surface area contributed by atoms with Crippen LogP contribution in [0.25, 0.3) is 0 Å². The third kappa shape index (κ3) is 2.72. The van der Waals surface area contributed by atoms with E-state index in [4.69, 9.17) is 4.74 Å². The first-order chi connectivity index (χ1) is 9.38. The molecule has 0 aromatic heterocycles. The molecule has 2 nitrogen and oxygen atoms in total. The van der Waals surface area contributed by atoms with E-state index in [0.717, 1.165) is 18.2 Å². The van der Waals surface area contributed by atoms with E-state index in [1.165, 1.54) is 56.2 Å². The molecular weight excluding hydrogens is 234 g/mol. The van der Waals surface area contributed by atoms with Gasteiger partial charge in [0.25, 0.3) is 0 Å². The van der Waals surface area contributed by atoms with Crippen molar-refractivity contribution in [3.63, 3.8) is 0 Å². The van der Waals surface area contributed by atoms with Gasteiger partial charge in [0, 0.05) is 6.54 Å². The van der Waals surface area contributed by atoms with E-state index in [0.29, 0.717) is 6.10 Å². The second-order valence-electron chi connectivity index (χ2n) is 5.93. The van der Waals surface area contributed by atoms with Crippen LogP contribution < -0.4 is 10.1 Å². The zero-order chi connectivity index (χ0) is 13.1. The van der Waals surface area contributed by atoms with Crippen molar-refractivity contribution in [3.05, 3.63) is 23.8 Å². The van der Waals surface area contributed by atoms with Crippen LogP contribution in [0.3, 0.4) is 0 Å². The summed E-state index contributed by atoms with van der Waals surface area (Å²) in [6.45, 7) is 3.38. The standard InChI is InChI=1S/C17H25NO/c1-2-13-7-3-4-10-15(13)19-16-11-5-8-14-9-6-12-18-17(14)16/h5,8,11,13,15,18H,2-4,6-7,9-10,12H2,1H3. The summed E-state index contributed by atoms with van der Waals surface area (Å²) in [6, 6.07) is 6.51. The van der Waals surface area contributed by atoms with Crippen molar-refractivity contribution in [2.75, 3.05) is 11.9 Å². The molecule has 1 N–H and O–H groups in total. The van der Waals surface area contributed by atoms with Crippen LogP contribution >= 0.6 is 0 Å². The van der Waals surface area contributed by atoms with Gasteiger partial charge in [0.05, 0.1) is 5.69 Å². The molecule has 104 valence electrons. The Hall–Kier alpha value is -1.18. The molecule has 19 heavy (non-hydrogen) atoms. The third-order valence-electron chi connectivity index (χ3n) is 4.68. The Morgan fingerprint density at radius 3 is 3.00 bits per heavy atom. The molecule has 1 heterocycles. The summed E-state index contributed by atoms with van der Waals surface area (Å²) in [5.74, 6) is 1.83. The molecule has 0 radical (unpaired) electrons. The first-order valence-electron chi connectivity index (χ1n) is 7.91. The zero-order valence-electron chi connectivity index (χ0n) is 12.0. The molecular formula is C17H25NO. The van der Waals surface area contributed by atoms with Crippen molar-refractivity contribution in [3.8, 4) is 5.75 Å². The van der Waals surface area contributed by atoms with Crippen molar-refractivity contribution < 1.29 is 4.74 Å². The van der Waals surface area contributed by atoms with Gasteiger partial charge >= 0.3 is 0 Å². The molecule has 3 rings (SSSR count). The first kappa shape index (κ1) is 12.8. The van der Waals surface area contributed by atoms with Crippen LogP contribution in [0.1, 0.15) is 51.0 Å². The Morgan fingerprint density at radius 1 is 1.21 bits per heavy atom. The summed E-state index contributed by atoms with van der Waals surface area (Å²) in [7, 11) is 0. The Labute approximate surface area is 116 Å². The minimum absolute atomic E-state index is 0.425. The molecule has 1 aliphatic heterocycles. The van der Waals surface area contributed by atoms with Gasteiger partial charge in [-0.2, -0.15) is 0 Å². The summed E-state index contributed by atoms with van der Waals surface area (Å²) in [5, 5.41) is 3.53. The van der Waals surface area contributed by atoms with E-state index >= 15 is 0 Å². The molecule has 0 saturated heterocycles. The zero-order valence-corrected chi connectivity index (χ0v) is 12.0. The Kier molecular flexibility index (Phi) is 3.95. The Morgan fingerprint density at radius 2 is 2.11 bits per heavy atom. The van der Waals surface area contributed by atoms with Crippen LogP contribution in [0.2, 0.25) is 0 Å². The molecule has 2 aliphatic rings. The monoisotopic (exact) mass is 259 g/mol. The number of anilines is 1. The first-order valence-corrected chi connectivity index (χ1v) is 7.91. The van der Waals surface area contributed by atoms with Crippen molar-refractivity contribution >= 4 is 5.69 Å². The lowest BCUT2D eigenvalue weighted by Crippen LogP contribution is -2.30. The minimum atomic E-state index is 0.425. The van der Waals surface area contributed by atoms with Crippen molar-refractivity contribution in [1.82, 2.24) is 0 Å². The predicted molar refractivity (Wildman–Crippen MR) is 79.9 cm³/mol. The quantitative estimate of drug-likeness (QED) is 0.869. The van der Waals surface area contributed by atoms with E-state index in [1.807, 2.05) is 0 Å².